The molecule has 0 radical (unpaired) electrons. The number of aromatic nitrogens is 4. The van der Waals surface area contributed by atoms with Gasteiger partial charge in [0.2, 0.25) is 5.88 Å². The molecule has 0 saturated carbocycles. The summed E-state index contributed by atoms with van der Waals surface area (Å²) >= 11 is 0. The molecule has 8 rings (SSSR count). The molecular formula is C31H34N8O2. The van der Waals surface area contributed by atoms with Gasteiger partial charge in [0.1, 0.15) is 11.9 Å². The second kappa shape index (κ2) is 9.72. The van der Waals surface area contributed by atoms with Crippen LogP contribution in [0.15, 0.2) is 55.1 Å². The number of aliphatic hydroxyl groups is 1. The number of fused-ring (bicyclic) bond motifs is 3. The third-order valence-corrected chi connectivity index (χ3v) is 9.06. The Morgan fingerprint density at radius 2 is 1.83 bits per heavy atom. The van der Waals surface area contributed by atoms with Gasteiger partial charge in [-0.2, -0.15) is 10.4 Å². The number of piperidine rings is 1. The van der Waals surface area contributed by atoms with Crippen LogP contribution in [0.1, 0.15) is 31.4 Å². The van der Waals surface area contributed by atoms with Crippen LogP contribution in [-0.2, 0) is 6.54 Å². The van der Waals surface area contributed by atoms with Crippen molar-refractivity contribution in [2.45, 2.75) is 44.5 Å². The number of hydrogen-bond acceptors (Lipinski definition) is 9. The van der Waals surface area contributed by atoms with Crippen LogP contribution in [0.3, 0.4) is 0 Å². The third kappa shape index (κ3) is 4.55. The Morgan fingerprint density at radius 3 is 2.46 bits per heavy atom. The number of hydrogen-bond donors (Lipinski definition) is 1. The molecule has 10 nitrogen and oxygen atoms in total. The highest BCUT2D eigenvalue weighted by atomic mass is 16.5. The van der Waals surface area contributed by atoms with Gasteiger partial charge < -0.3 is 19.6 Å². The van der Waals surface area contributed by atoms with Crippen LogP contribution in [0.25, 0.3) is 16.6 Å². The smallest absolute Gasteiger partial charge is 0.212 e. The molecule has 210 valence electrons. The van der Waals surface area contributed by atoms with Crippen LogP contribution < -0.4 is 14.5 Å². The number of ether oxygens (including phenoxy) is 1. The van der Waals surface area contributed by atoms with Crippen LogP contribution in [-0.4, -0.2) is 80.6 Å². The summed E-state index contributed by atoms with van der Waals surface area (Å²) in [5.74, 6) is 1.84. The van der Waals surface area contributed by atoms with Gasteiger partial charge in [-0.25, -0.2) is 14.5 Å². The lowest BCUT2D eigenvalue weighted by atomic mass is 9.84. The van der Waals surface area contributed by atoms with E-state index in [1.807, 2.05) is 38.5 Å². The molecule has 41 heavy (non-hydrogen) atoms. The first-order chi connectivity index (χ1) is 19.8. The normalized spacial score (nSPS) is 21.0. The minimum atomic E-state index is -0.707. The highest BCUT2D eigenvalue weighted by Gasteiger charge is 2.44. The van der Waals surface area contributed by atoms with Crippen molar-refractivity contribution < 1.29 is 9.84 Å². The van der Waals surface area contributed by atoms with Crippen LogP contribution >= 0.6 is 0 Å². The van der Waals surface area contributed by atoms with E-state index in [0.717, 1.165) is 60.9 Å². The number of rotatable bonds is 7. The van der Waals surface area contributed by atoms with Gasteiger partial charge in [-0.15, -0.1) is 0 Å². The van der Waals surface area contributed by atoms with E-state index in [0.29, 0.717) is 23.5 Å². The highest BCUT2D eigenvalue weighted by molar-refractivity contribution is 5.86. The molecule has 0 aliphatic carbocycles. The molecule has 0 amide bonds. The fourth-order valence-corrected chi connectivity index (χ4v) is 6.42. The molecule has 0 spiro atoms. The number of nitrogens with zero attached hydrogens (tertiary/aromatic N) is 8. The van der Waals surface area contributed by atoms with Crippen molar-refractivity contribution in [3.05, 3.63) is 66.2 Å². The number of nitriles is 1. The molecule has 8 heterocycles. The lowest BCUT2D eigenvalue weighted by Crippen LogP contribution is -2.68. The van der Waals surface area contributed by atoms with Crippen molar-refractivity contribution in [2.24, 2.45) is 5.92 Å². The van der Waals surface area contributed by atoms with E-state index >= 15 is 0 Å². The van der Waals surface area contributed by atoms with Crippen LogP contribution in [0.4, 0.5) is 11.5 Å². The molecule has 1 N–H and O–H groups in total. The Labute approximate surface area is 239 Å². The van der Waals surface area contributed by atoms with E-state index in [-0.39, 0.29) is 5.92 Å². The summed E-state index contributed by atoms with van der Waals surface area (Å²) in [6, 6.07) is 13.6. The average molecular weight is 551 g/mol. The van der Waals surface area contributed by atoms with Gasteiger partial charge in [0, 0.05) is 80.3 Å². The van der Waals surface area contributed by atoms with Crippen molar-refractivity contribution in [1.82, 2.24) is 24.5 Å². The Balaban J connectivity index is 1.09. The van der Waals surface area contributed by atoms with Gasteiger partial charge in [0.25, 0.3) is 0 Å². The largest absolute Gasteiger partial charge is 0.481 e. The molecule has 10 heteroatoms. The maximum atomic E-state index is 10.4. The standard InChI is InChI=1S/C31H34N8O2/c1-31(2,40)23-15-36(16-23)24-9-27(30-22(10-32)13-35-39(30)19-24)21-5-6-28(33-12-21)37-17-25-8-26(18-37)38(25)14-20-4-7-29(41-3)34-11-20/h4-7,9,11-13,19,23,25-26,40H,8,14-18H2,1-3H3. The second-order valence-corrected chi connectivity index (χ2v) is 12.1. The molecule has 4 aromatic rings. The van der Waals surface area contributed by atoms with E-state index < -0.39 is 5.60 Å². The summed E-state index contributed by atoms with van der Waals surface area (Å²) in [4.78, 5) is 16.4. The van der Waals surface area contributed by atoms with Crippen molar-refractivity contribution >= 4 is 17.0 Å². The van der Waals surface area contributed by atoms with Crippen molar-refractivity contribution in [1.29, 1.82) is 5.26 Å². The lowest BCUT2D eigenvalue weighted by molar-refractivity contribution is -0.00876. The number of piperazine rings is 1. The summed E-state index contributed by atoms with van der Waals surface area (Å²) in [6.07, 6.45) is 8.62. The zero-order valence-electron chi connectivity index (χ0n) is 23.6. The zero-order chi connectivity index (χ0) is 28.3. The zero-order valence-corrected chi connectivity index (χ0v) is 23.6. The molecule has 4 fully saturated rings. The van der Waals surface area contributed by atoms with Crippen LogP contribution in [0.2, 0.25) is 0 Å². The summed E-state index contributed by atoms with van der Waals surface area (Å²) in [5.41, 5.74) is 4.73. The van der Waals surface area contributed by atoms with E-state index in [1.54, 1.807) is 17.8 Å². The average Bonchev–Trinajstić information content (AvgIpc) is 3.37. The SMILES string of the molecule is COc1ccc(CN2C3CC2CN(c2ccc(-c4cc(N5CC(C(C)(C)O)C5)cn5ncc(C#N)c45)cn2)C3)cn1. The van der Waals surface area contributed by atoms with E-state index in [2.05, 4.69) is 55.1 Å². The first kappa shape index (κ1) is 25.7. The molecule has 4 aromatic heterocycles. The quantitative estimate of drug-likeness (QED) is 0.371. The van der Waals surface area contributed by atoms with Gasteiger partial charge in [-0.3, -0.25) is 4.90 Å². The van der Waals surface area contributed by atoms with E-state index in [4.69, 9.17) is 9.72 Å². The molecule has 2 unspecified atom stereocenters. The number of pyridine rings is 3. The summed E-state index contributed by atoms with van der Waals surface area (Å²) in [6.45, 7) is 8.09. The maximum Gasteiger partial charge on any atom is 0.212 e. The molecule has 4 aliphatic rings. The Hall–Kier alpha value is -4.20. The van der Waals surface area contributed by atoms with E-state index in [1.165, 1.54) is 12.0 Å². The first-order valence-corrected chi connectivity index (χ1v) is 14.2. The fraction of sp³-hybridized carbons (Fsp3) is 0.419. The minimum Gasteiger partial charge on any atom is -0.481 e. The summed E-state index contributed by atoms with van der Waals surface area (Å²) in [5, 5.41) is 24.6. The van der Waals surface area contributed by atoms with Gasteiger partial charge in [-0.05, 0) is 44.0 Å². The second-order valence-electron chi connectivity index (χ2n) is 12.1. The van der Waals surface area contributed by atoms with Crippen LogP contribution in [0.5, 0.6) is 5.88 Å². The van der Waals surface area contributed by atoms with Crippen molar-refractivity contribution in [3.8, 4) is 23.1 Å². The van der Waals surface area contributed by atoms with Gasteiger partial charge >= 0.3 is 0 Å². The Morgan fingerprint density at radius 1 is 1.02 bits per heavy atom. The summed E-state index contributed by atoms with van der Waals surface area (Å²) in [7, 11) is 1.64. The number of methoxy groups -OCH3 is 1. The van der Waals surface area contributed by atoms with Crippen molar-refractivity contribution in [2.75, 3.05) is 43.1 Å². The van der Waals surface area contributed by atoms with Crippen LogP contribution in [0, 0.1) is 17.2 Å². The predicted octanol–water partition coefficient (Wildman–Crippen LogP) is 3.34. The van der Waals surface area contributed by atoms with Gasteiger partial charge in [0.05, 0.1) is 41.9 Å². The highest BCUT2D eigenvalue weighted by Crippen LogP contribution is 2.38. The topological polar surface area (TPSA) is 106 Å². The number of anilines is 2. The van der Waals surface area contributed by atoms with Gasteiger partial charge in [0.15, 0.2) is 0 Å². The molecule has 0 aromatic carbocycles. The lowest BCUT2D eigenvalue weighted by Gasteiger charge is -2.56. The maximum absolute atomic E-state index is 10.4. The van der Waals surface area contributed by atoms with Crippen molar-refractivity contribution in [3.63, 3.8) is 0 Å². The molecule has 4 saturated heterocycles. The molecule has 4 aliphatic heterocycles. The first-order valence-electron chi connectivity index (χ1n) is 14.2. The molecule has 2 bridgehead atoms. The Kier molecular flexibility index (Phi) is 6.10. The monoisotopic (exact) mass is 550 g/mol. The predicted molar refractivity (Wildman–Crippen MR) is 156 cm³/mol. The third-order valence-electron chi connectivity index (χ3n) is 9.06. The Bertz CT molecular complexity index is 1600. The fourth-order valence-electron chi connectivity index (χ4n) is 6.42. The van der Waals surface area contributed by atoms with Gasteiger partial charge in [-0.1, -0.05) is 6.07 Å². The van der Waals surface area contributed by atoms with E-state index in [9.17, 15) is 10.4 Å². The molecular weight excluding hydrogens is 516 g/mol. The molecule has 2 atom stereocenters. The minimum absolute atomic E-state index is 0.217. The summed E-state index contributed by atoms with van der Waals surface area (Å²) < 4.78 is 6.98.